The largest absolute Gasteiger partial charge is 0.324 e. The Balaban J connectivity index is 1.84. The van der Waals surface area contributed by atoms with Gasteiger partial charge in [0.1, 0.15) is 0 Å². The fraction of sp³-hybridized carbons (Fsp3) is 0.444. The van der Waals surface area contributed by atoms with Crippen molar-refractivity contribution in [2.45, 2.75) is 38.6 Å². The zero-order chi connectivity index (χ0) is 14.1. The van der Waals surface area contributed by atoms with Gasteiger partial charge in [0.05, 0.1) is 0 Å². The standard InChI is InChI=1S/C18H22BrN/c1-12-2-4-13(5-3-12)18(20)16-7-6-15-11-17(19)9-8-14(15)10-16/h6-13,18H,2-5,20H2,1H3. The minimum atomic E-state index is 0.190. The highest BCUT2D eigenvalue weighted by atomic mass is 79.9. The fourth-order valence-corrected chi connectivity index (χ4v) is 3.74. The number of benzene rings is 2. The molecule has 2 aromatic rings. The van der Waals surface area contributed by atoms with Crippen LogP contribution in [0.3, 0.4) is 0 Å². The molecule has 1 atom stereocenters. The van der Waals surface area contributed by atoms with Crippen LogP contribution in [0.25, 0.3) is 10.8 Å². The van der Waals surface area contributed by atoms with E-state index in [-0.39, 0.29) is 6.04 Å². The summed E-state index contributed by atoms with van der Waals surface area (Å²) in [6.07, 6.45) is 5.22. The molecule has 2 aromatic carbocycles. The SMILES string of the molecule is CC1CCC(C(N)c2ccc3cc(Br)ccc3c2)CC1. The third-order valence-electron chi connectivity index (χ3n) is 4.78. The molecule has 2 N–H and O–H groups in total. The van der Waals surface area contributed by atoms with E-state index in [4.69, 9.17) is 5.73 Å². The Morgan fingerprint density at radius 3 is 2.40 bits per heavy atom. The molecule has 1 fully saturated rings. The van der Waals surface area contributed by atoms with E-state index in [1.807, 2.05) is 0 Å². The van der Waals surface area contributed by atoms with Gasteiger partial charge in [0.2, 0.25) is 0 Å². The van der Waals surface area contributed by atoms with E-state index in [9.17, 15) is 0 Å². The van der Waals surface area contributed by atoms with Crippen molar-refractivity contribution in [3.63, 3.8) is 0 Å². The molecule has 0 saturated heterocycles. The number of hydrogen-bond acceptors (Lipinski definition) is 1. The number of nitrogens with two attached hydrogens (primary N) is 1. The first-order valence-corrected chi connectivity index (χ1v) is 8.37. The molecule has 3 rings (SSSR count). The molecule has 0 aromatic heterocycles. The van der Waals surface area contributed by atoms with Crippen LogP contribution in [0.4, 0.5) is 0 Å². The molecule has 0 aliphatic heterocycles. The minimum Gasteiger partial charge on any atom is -0.324 e. The van der Waals surface area contributed by atoms with E-state index >= 15 is 0 Å². The van der Waals surface area contributed by atoms with Crippen molar-refractivity contribution in [1.29, 1.82) is 0 Å². The summed E-state index contributed by atoms with van der Waals surface area (Å²) in [4.78, 5) is 0. The normalized spacial score (nSPS) is 24.8. The molecule has 20 heavy (non-hydrogen) atoms. The van der Waals surface area contributed by atoms with Crippen molar-refractivity contribution in [1.82, 2.24) is 0 Å². The Morgan fingerprint density at radius 2 is 1.65 bits per heavy atom. The first-order valence-electron chi connectivity index (χ1n) is 7.58. The molecule has 0 radical (unpaired) electrons. The summed E-state index contributed by atoms with van der Waals surface area (Å²) in [6.45, 7) is 2.36. The van der Waals surface area contributed by atoms with Gasteiger partial charge in [-0.05, 0) is 59.2 Å². The molecule has 1 unspecified atom stereocenters. The Morgan fingerprint density at radius 1 is 1.00 bits per heavy atom. The summed E-state index contributed by atoms with van der Waals surface area (Å²) in [5, 5.41) is 2.55. The van der Waals surface area contributed by atoms with Gasteiger partial charge in [0.25, 0.3) is 0 Å². The van der Waals surface area contributed by atoms with Crippen LogP contribution in [0.1, 0.15) is 44.2 Å². The van der Waals surface area contributed by atoms with Crippen molar-refractivity contribution in [3.8, 4) is 0 Å². The second-order valence-electron chi connectivity index (χ2n) is 6.30. The maximum absolute atomic E-state index is 6.53. The highest BCUT2D eigenvalue weighted by molar-refractivity contribution is 9.10. The maximum Gasteiger partial charge on any atom is 0.0323 e. The predicted octanol–water partition coefficient (Wildman–Crippen LogP) is 5.43. The highest BCUT2D eigenvalue weighted by Crippen LogP contribution is 2.36. The first kappa shape index (κ1) is 14.1. The zero-order valence-corrected chi connectivity index (χ0v) is 13.6. The van der Waals surface area contributed by atoms with E-state index in [1.54, 1.807) is 0 Å². The summed E-state index contributed by atoms with van der Waals surface area (Å²) in [5.74, 6) is 1.53. The Labute approximate surface area is 129 Å². The summed E-state index contributed by atoms with van der Waals surface area (Å²) in [6, 6.07) is 13.3. The lowest BCUT2D eigenvalue weighted by molar-refractivity contribution is 0.256. The molecule has 0 amide bonds. The monoisotopic (exact) mass is 331 g/mol. The van der Waals surface area contributed by atoms with Gasteiger partial charge < -0.3 is 5.73 Å². The molecular weight excluding hydrogens is 310 g/mol. The number of halogens is 1. The van der Waals surface area contributed by atoms with Crippen molar-refractivity contribution < 1.29 is 0 Å². The molecule has 0 spiro atoms. The van der Waals surface area contributed by atoms with E-state index in [0.717, 1.165) is 10.4 Å². The number of rotatable bonds is 2. The Hall–Kier alpha value is -0.860. The maximum atomic E-state index is 6.53. The van der Waals surface area contributed by atoms with Crippen molar-refractivity contribution in [2.75, 3.05) is 0 Å². The van der Waals surface area contributed by atoms with Crippen LogP contribution in [-0.2, 0) is 0 Å². The third-order valence-corrected chi connectivity index (χ3v) is 5.27. The Kier molecular flexibility index (Phi) is 4.13. The van der Waals surface area contributed by atoms with E-state index in [2.05, 4.69) is 59.3 Å². The van der Waals surface area contributed by atoms with Crippen LogP contribution in [-0.4, -0.2) is 0 Å². The van der Waals surface area contributed by atoms with Crippen LogP contribution in [0, 0.1) is 11.8 Å². The number of fused-ring (bicyclic) bond motifs is 1. The molecule has 1 saturated carbocycles. The number of hydrogen-bond donors (Lipinski definition) is 1. The van der Waals surface area contributed by atoms with Gasteiger partial charge in [-0.3, -0.25) is 0 Å². The lowest BCUT2D eigenvalue weighted by Gasteiger charge is -2.31. The van der Waals surface area contributed by atoms with Crippen LogP contribution >= 0.6 is 15.9 Å². The van der Waals surface area contributed by atoms with Crippen LogP contribution in [0.15, 0.2) is 40.9 Å². The van der Waals surface area contributed by atoms with Gasteiger partial charge in [-0.1, -0.05) is 53.9 Å². The predicted molar refractivity (Wildman–Crippen MR) is 89.7 cm³/mol. The van der Waals surface area contributed by atoms with Crippen molar-refractivity contribution in [3.05, 3.63) is 46.4 Å². The Bertz CT molecular complexity index is 599. The topological polar surface area (TPSA) is 26.0 Å². The molecule has 1 aliphatic carbocycles. The summed E-state index contributed by atoms with van der Waals surface area (Å²) < 4.78 is 1.13. The van der Waals surface area contributed by atoms with Crippen LogP contribution in [0.5, 0.6) is 0 Å². The van der Waals surface area contributed by atoms with Gasteiger partial charge in [0, 0.05) is 10.5 Å². The molecule has 106 valence electrons. The van der Waals surface area contributed by atoms with E-state index in [0.29, 0.717) is 5.92 Å². The minimum absolute atomic E-state index is 0.190. The highest BCUT2D eigenvalue weighted by Gasteiger charge is 2.24. The van der Waals surface area contributed by atoms with E-state index < -0.39 is 0 Å². The molecule has 2 heteroatoms. The summed E-state index contributed by atoms with van der Waals surface area (Å²) >= 11 is 3.52. The average Bonchev–Trinajstić information content (AvgIpc) is 2.47. The second kappa shape index (κ2) is 5.87. The lowest BCUT2D eigenvalue weighted by atomic mass is 9.77. The van der Waals surface area contributed by atoms with Gasteiger partial charge in [0.15, 0.2) is 0 Å². The molecule has 1 aliphatic rings. The van der Waals surface area contributed by atoms with Gasteiger partial charge in [-0.2, -0.15) is 0 Å². The lowest BCUT2D eigenvalue weighted by Crippen LogP contribution is -2.25. The van der Waals surface area contributed by atoms with Crippen molar-refractivity contribution in [2.24, 2.45) is 17.6 Å². The third kappa shape index (κ3) is 2.91. The zero-order valence-electron chi connectivity index (χ0n) is 12.0. The summed E-state index contributed by atoms with van der Waals surface area (Å²) in [5.41, 5.74) is 7.82. The fourth-order valence-electron chi connectivity index (χ4n) is 3.36. The van der Waals surface area contributed by atoms with Crippen LogP contribution < -0.4 is 5.73 Å². The quantitative estimate of drug-likeness (QED) is 0.780. The first-order chi connectivity index (χ1) is 9.63. The second-order valence-corrected chi connectivity index (χ2v) is 7.21. The van der Waals surface area contributed by atoms with Gasteiger partial charge in [-0.15, -0.1) is 0 Å². The van der Waals surface area contributed by atoms with E-state index in [1.165, 1.54) is 42.0 Å². The summed E-state index contributed by atoms with van der Waals surface area (Å²) in [7, 11) is 0. The molecule has 0 heterocycles. The average molecular weight is 332 g/mol. The smallest absolute Gasteiger partial charge is 0.0323 e. The molecule has 0 bridgehead atoms. The molecule has 1 nitrogen and oxygen atoms in total. The van der Waals surface area contributed by atoms with Crippen LogP contribution in [0.2, 0.25) is 0 Å². The molecular formula is C18H22BrN. The van der Waals surface area contributed by atoms with Gasteiger partial charge >= 0.3 is 0 Å². The van der Waals surface area contributed by atoms with Gasteiger partial charge in [-0.25, -0.2) is 0 Å². The van der Waals surface area contributed by atoms with Crippen molar-refractivity contribution >= 4 is 26.7 Å².